The van der Waals surface area contributed by atoms with E-state index in [1.165, 1.54) is 41.1 Å². The van der Waals surface area contributed by atoms with E-state index in [1.54, 1.807) is 6.07 Å². The highest BCUT2D eigenvalue weighted by Crippen LogP contribution is 2.34. The van der Waals surface area contributed by atoms with Crippen LogP contribution in [0.25, 0.3) is 11.2 Å². The Morgan fingerprint density at radius 3 is 2.75 bits per heavy atom. The van der Waals surface area contributed by atoms with Gasteiger partial charge in [0.2, 0.25) is 0 Å². The van der Waals surface area contributed by atoms with Crippen molar-refractivity contribution in [1.29, 1.82) is 0 Å². The highest BCUT2D eigenvalue weighted by molar-refractivity contribution is 7.98. The molecule has 0 amide bonds. The van der Waals surface area contributed by atoms with E-state index in [9.17, 15) is 19.7 Å². The van der Waals surface area contributed by atoms with Crippen molar-refractivity contribution in [2.75, 3.05) is 6.61 Å². The van der Waals surface area contributed by atoms with E-state index in [2.05, 4.69) is 15.0 Å². The number of rotatable bonds is 5. The topological polar surface area (TPSA) is 114 Å². The van der Waals surface area contributed by atoms with Gasteiger partial charge in [-0.1, -0.05) is 17.7 Å². The number of aromatic nitrogens is 4. The molecule has 0 bridgehead atoms. The van der Waals surface area contributed by atoms with Crippen LogP contribution in [-0.2, 0) is 10.5 Å². The molecule has 148 valence electrons. The number of thioether (sulfide) groups is 1. The first-order valence-electron chi connectivity index (χ1n) is 8.37. The van der Waals surface area contributed by atoms with Gasteiger partial charge in [-0.05, 0) is 12.1 Å². The molecule has 1 fully saturated rings. The molecule has 28 heavy (non-hydrogen) atoms. The summed E-state index contributed by atoms with van der Waals surface area (Å²) in [6.07, 6.45) is -1.58. The lowest BCUT2D eigenvalue weighted by Gasteiger charge is -2.16. The molecular formula is C17H16ClFN4O4S. The zero-order valence-corrected chi connectivity index (χ0v) is 15.9. The number of hydrogen-bond donors (Lipinski definition) is 3. The average Bonchev–Trinajstić information content (AvgIpc) is 3.23. The maximum Gasteiger partial charge on any atom is 0.165 e. The molecule has 1 aromatic carbocycles. The Bertz CT molecular complexity index is 986. The molecule has 0 spiro atoms. The molecule has 1 aliphatic heterocycles. The minimum Gasteiger partial charge on any atom is -0.394 e. The van der Waals surface area contributed by atoms with E-state index >= 15 is 0 Å². The van der Waals surface area contributed by atoms with Crippen molar-refractivity contribution >= 4 is 34.5 Å². The number of ether oxygens (including phenoxy) is 1. The van der Waals surface area contributed by atoms with Crippen molar-refractivity contribution in [2.45, 2.75) is 35.2 Å². The lowest BCUT2D eigenvalue weighted by Crippen LogP contribution is -2.33. The van der Waals surface area contributed by atoms with E-state index in [0.717, 1.165) is 0 Å². The third-order valence-electron chi connectivity index (χ3n) is 4.50. The quantitative estimate of drug-likeness (QED) is 0.526. The standard InChI is InChI=1S/C17H16ClFN4O4S/c18-8-2-1-3-9(19)15(8)28-5-10-12-16(21-6-20-10)23(7-22-12)17-14(26)13(25)11(4-24)27-17/h1-3,6-7,11,13-14,17,24-26H,4-5H2/t11-,13-,14-,17-/m1/s1. The van der Waals surface area contributed by atoms with E-state index in [4.69, 9.17) is 16.3 Å². The van der Waals surface area contributed by atoms with Gasteiger partial charge in [-0.15, -0.1) is 11.8 Å². The van der Waals surface area contributed by atoms with Crippen molar-refractivity contribution < 1.29 is 24.4 Å². The van der Waals surface area contributed by atoms with Crippen molar-refractivity contribution in [2.24, 2.45) is 0 Å². The zero-order chi connectivity index (χ0) is 19.8. The number of aliphatic hydroxyl groups excluding tert-OH is 3. The Balaban J connectivity index is 1.62. The van der Waals surface area contributed by atoms with Gasteiger partial charge in [0.15, 0.2) is 11.9 Å². The molecular weight excluding hydrogens is 411 g/mol. The molecule has 0 unspecified atom stereocenters. The van der Waals surface area contributed by atoms with Gasteiger partial charge in [-0.3, -0.25) is 4.57 Å². The van der Waals surface area contributed by atoms with Crippen molar-refractivity contribution in [3.8, 4) is 0 Å². The molecule has 4 atom stereocenters. The summed E-state index contributed by atoms with van der Waals surface area (Å²) in [5.41, 5.74) is 1.40. The van der Waals surface area contributed by atoms with Gasteiger partial charge in [0.25, 0.3) is 0 Å². The van der Waals surface area contributed by atoms with Crippen LogP contribution in [0.5, 0.6) is 0 Å². The van der Waals surface area contributed by atoms with Gasteiger partial charge in [0.05, 0.1) is 28.5 Å². The second-order valence-corrected chi connectivity index (χ2v) is 7.61. The van der Waals surface area contributed by atoms with Gasteiger partial charge in [-0.25, -0.2) is 19.3 Å². The van der Waals surface area contributed by atoms with Gasteiger partial charge in [-0.2, -0.15) is 0 Å². The van der Waals surface area contributed by atoms with E-state index in [-0.39, 0.29) is 0 Å². The molecule has 3 heterocycles. The fourth-order valence-electron chi connectivity index (χ4n) is 3.06. The summed E-state index contributed by atoms with van der Waals surface area (Å²) in [5, 5.41) is 29.8. The Labute approximate surface area is 168 Å². The smallest absolute Gasteiger partial charge is 0.165 e. The van der Waals surface area contributed by atoms with Crippen LogP contribution in [0.4, 0.5) is 4.39 Å². The second-order valence-electron chi connectivity index (χ2n) is 6.21. The fourth-order valence-corrected chi connectivity index (χ4v) is 4.29. The predicted molar refractivity (Wildman–Crippen MR) is 99.3 cm³/mol. The second kappa shape index (κ2) is 7.90. The summed E-state index contributed by atoms with van der Waals surface area (Å²) >= 11 is 7.25. The van der Waals surface area contributed by atoms with Crippen molar-refractivity contribution in [1.82, 2.24) is 19.5 Å². The summed E-state index contributed by atoms with van der Waals surface area (Å²) in [6, 6.07) is 4.48. The summed E-state index contributed by atoms with van der Waals surface area (Å²) < 4.78 is 21.0. The Morgan fingerprint density at radius 1 is 1.21 bits per heavy atom. The molecule has 0 saturated carbocycles. The third kappa shape index (κ3) is 3.36. The first-order valence-corrected chi connectivity index (χ1v) is 9.73. The molecule has 3 N–H and O–H groups in total. The average molecular weight is 427 g/mol. The summed E-state index contributed by atoms with van der Waals surface area (Å²) in [4.78, 5) is 13.0. The van der Waals surface area contributed by atoms with Crippen LogP contribution in [0, 0.1) is 5.82 Å². The van der Waals surface area contributed by atoms with Crippen LogP contribution < -0.4 is 0 Å². The van der Waals surface area contributed by atoms with Crippen LogP contribution >= 0.6 is 23.4 Å². The van der Waals surface area contributed by atoms with Crippen LogP contribution in [0.15, 0.2) is 35.7 Å². The maximum atomic E-state index is 14.0. The maximum absolute atomic E-state index is 14.0. The number of imidazole rings is 1. The lowest BCUT2D eigenvalue weighted by molar-refractivity contribution is -0.0511. The molecule has 11 heteroatoms. The first-order chi connectivity index (χ1) is 13.5. The van der Waals surface area contributed by atoms with E-state index in [1.807, 2.05) is 0 Å². The molecule has 0 radical (unpaired) electrons. The summed E-state index contributed by atoms with van der Waals surface area (Å²) in [5.74, 6) is -0.119. The van der Waals surface area contributed by atoms with E-state index in [0.29, 0.717) is 32.5 Å². The highest BCUT2D eigenvalue weighted by atomic mass is 35.5. The number of hydrogen-bond acceptors (Lipinski definition) is 8. The van der Waals surface area contributed by atoms with Gasteiger partial charge in [0.1, 0.15) is 36.0 Å². The Morgan fingerprint density at radius 2 is 2.04 bits per heavy atom. The zero-order valence-electron chi connectivity index (χ0n) is 14.3. The number of benzene rings is 1. The first kappa shape index (κ1) is 19.5. The third-order valence-corrected chi connectivity index (χ3v) is 6.05. The van der Waals surface area contributed by atoms with Crippen molar-refractivity contribution in [3.05, 3.63) is 47.4 Å². The summed E-state index contributed by atoms with van der Waals surface area (Å²) in [7, 11) is 0. The Kier molecular flexibility index (Phi) is 5.50. The largest absolute Gasteiger partial charge is 0.394 e. The number of nitrogens with zero attached hydrogens (tertiary/aromatic N) is 4. The number of aliphatic hydroxyl groups is 3. The van der Waals surface area contributed by atoms with Crippen LogP contribution in [0.3, 0.4) is 0 Å². The molecule has 0 aliphatic carbocycles. The molecule has 1 saturated heterocycles. The highest BCUT2D eigenvalue weighted by Gasteiger charge is 2.44. The lowest BCUT2D eigenvalue weighted by atomic mass is 10.1. The minimum atomic E-state index is -1.25. The summed E-state index contributed by atoms with van der Waals surface area (Å²) in [6.45, 7) is -0.429. The molecule has 1 aliphatic rings. The molecule has 3 aromatic rings. The normalized spacial score (nSPS) is 24.9. The van der Waals surface area contributed by atoms with Crippen molar-refractivity contribution in [3.63, 3.8) is 0 Å². The minimum absolute atomic E-state index is 0.298. The Hall–Kier alpha value is -1.82. The molecule has 8 nitrogen and oxygen atoms in total. The van der Waals surface area contributed by atoms with Gasteiger partial charge < -0.3 is 20.1 Å². The number of fused-ring (bicyclic) bond motifs is 1. The molecule has 2 aromatic heterocycles. The van der Waals surface area contributed by atoms with Crippen LogP contribution in [-0.4, -0.2) is 59.8 Å². The van der Waals surface area contributed by atoms with Crippen LogP contribution in [0.1, 0.15) is 11.9 Å². The number of halogens is 2. The predicted octanol–water partition coefficient (Wildman–Crippen LogP) is 1.52. The molecule has 4 rings (SSSR count). The SMILES string of the molecule is OC[C@H]1O[C@@H](n2cnc3c(CSc4c(F)cccc4Cl)ncnc32)[C@H](O)[C@@H]1O. The van der Waals surface area contributed by atoms with E-state index < -0.39 is 37.0 Å². The fraction of sp³-hybridized carbons (Fsp3) is 0.353. The van der Waals surface area contributed by atoms with Gasteiger partial charge in [0, 0.05) is 5.75 Å². The van der Waals surface area contributed by atoms with Crippen LogP contribution in [0.2, 0.25) is 5.02 Å². The monoisotopic (exact) mass is 426 g/mol. The van der Waals surface area contributed by atoms with Gasteiger partial charge >= 0.3 is 0 Å².